The Labute approximate surface area is 138 Å². The average molecular weight is 308 g/mol. The Balaban J connectivity index is 1.34. The Morgan fingerprint density at radius 3 is 2.17 bits per heavy atom. The maximum Gasteiger partial charge on any atom is 0.220 e. The lowest BCUT2D eigenvalue weighted by Gasteiger charge is -2.56. The molecule has 4 fully saturated rings. The number of amides is 1. The van der Waals surface area contributed by atoms with Crippen LogP contribution >= 0.6 is 0 Å². The summed E-state index contributed by atoms with van der Waals surface area (Å²) in [5, 5.41) is 12.2. The van der Waals surface area contributed by atoms with Crippen molar-refractivity contribution >= 4 is 5.91 Å². The molecule has 0 aromatic heterocycles. The Morgan fingerprint density at radius 2 is 1.65 bits per heavy atom. The number of nitriles is 1. The molecule has 0 spiro atoms. The second-order valence-electron chi connectivity index (χ2n) is 8.05. The zero-order chi connectivity index (χ0) is 15.9. The van der Waals surface area contributed by atoms with Gasteiger partial charge in [0.1, 0.15) is 0 Å². The molecule has 23 heavy (non-hydrogen) atoms. The maximum absolute atomic E-state index is 12.5. The van der Waals surface area contributed by atoms with Gasteiger partial charge in [-0.3, -0.25) is 4.79 Å². The second-order valence-corrected chi connectivity index (χ2v) is 8.05. The van der Waals surface area contributed by atoms with E-state index >= 15 is 0 Å². The highest BCUT2D eigenvalue weighted by atomic mass is 16.1. The van der Waals surface area contributed by atoms with Crippen LogP contribution in [0.3, 0.4) is 0 Å². The molecular formula is C20H24N2O. The zero-order valence-corrected chi connectivity index (χ0v) is 13.6. The van der Waals surface area contributed by atoms with Gasteiger partial charge in [-0.05, 0) is 80.4 Å². The fraction of sp³-hybridized carbons (Fsp3) is 0.600. The van der Waals surface area contributed by atoms with Crippen LogP contribution in [0.5, 0.6) is 0 Å². The van der Waals surface area contributed by atoms with Crippen LogP contribution in [0.2, 0.25) is 0 Å². The van der Waals surface area contributed by atoms with Gasteiger partial charge < -0.3 is 5.32 Å². The minimum atomic E-state index is 0.122. The minimum Gasteiger partial charge on any atom is -0.351 e. The summed E-state index contributed by atoms with van der Waals surface area (Å²) in [6.07, 6.45) is 9.14. The molecule has 0 aliphatic heterocycles. The molecular weight excluding hydrogens is 284 g/mol. The van der Waals surface area contributed by atoms with Crippen molar-refractivity contribution in [2.75, 3.05) is 0 Å². The molecule has 1 aromatic carbocycles. The molecule has 0 atom stereocenters. The van der Waals surface area contributed by atoms with E-state index in [-0.39, 0.29) is 11.4 Å². The van der Waals surface area contributed by atoms with Crippen molar-refractivity contribution in [1.29, 1.82) is 5.26 Å². The van der Waals surface area contributed by atoms with E-state index in [9.17, 15) is 4.79 Å². The van der Waals surface area contributed by atoms with Crippen LogP contribution in [-0.2, 0) is 11.2 Å². The van der Waals surface area contributed by atoms with Crippen molar-refractivity contribution < 1.29 is 4.79 Å². The summed E-state index contributed by atoms with van der Waals surface area (Å²) in [6, 6.07) is 9.69. The maximum atomic E-state index is 12.5. The SMILES string of the molecule is N#Cc1ccc(CCC(=O)NC23CC4CC(CC(C4)C2)C3)cc1. The van der Waals surface area contributed by atoms with Gasteiger partial charge in [0.15, 0.2) is 0 Å². The number of aryl methyl sites for hydroxylation is 1. The van der Waals surface area contributed by atoms with Gasteiger partial charge in [-0.2, -0.15) is 5.26 Å². The largest absolute Gasteiger partial charge is 0.351 e. The Morgan fingerprint density at radius 1 is 1.09 bits per heavy atom. The van der Waals surface area contributed by atoms with Gasteiger partial charge in [0, 0.05) is 12.0 Å². The molecule has 0 radical (unpaired) electrons. The van der Waals surface area contributed by atoms with Gasteiger partial charge >= 0.3 is 0 Å². The van der Waals surface area contributed by atoms with E-state index in [1.807, 2.05) is 24.3 Å². The van der Waals surface area contributed by atoms with Crippen LogP contribution in [0.4, 0.5) is 0 Å². The third kappa shape index (κ3) is 3.00. The molecule has 1 N–H and O–H groups in total. The minimum absolute atomic E-state index is 0.122. The van der Waals surface area contributed by atoms with E-state index in [4.69, 9.17) is 5.26 Å². The highest BCUT2D eigenvalue weighted by molar-refractivity contribution is 5.77. The molecule has 0 saturated heterocycles. The van der Waals surface area contributed by atoms with Crippen molar-refractivity contribution in [2.45, 2.75) is 56.9 Å². The summed E-state index contributed by atoms with van der Waals surface area (Å²) in [6.45, 7) is 0. The number of hydrogen-bond acceptors (Lipinski definition) is 2. The van der Waals surface area contributed by atoms with Crippen molar-refractivity contribution in [1.82, 2.24) is 5.32 Å². The Bertz CT molecular complexity index is 605. The van der Waals surface area contributed by atoms with E-state index in [0.717, 1.165) is 29.7 Å². The molecule has 1 amide bonds. The van der Waals surface area contributed by atoms with Crippen LogP contribution in [0, 0.1) is 29.1 Å². The van der Waals surface area contributed by atoms with E-state index < -0.39 is 0 Å². The van der Waals surface area contributed by atoms with Crippen LogP contribution in [0.15, 0.2) is 24.3 Å². The molecule has 120 valence electrons. The first-order valence-electron chi connectivity index (χ1n) is 8.94. The first-order chi connectivity index (χ1) is 11.1. The molecule has 4 saturated carbocycles. The molecule has 4 bridgehead atoms. The van der Waals surface area contributed by atoms with Crippen LogP contribution in [0.1, 0.15) is 56.1 Å². The second kappa shape index (κ2) is 5.67. The summed E-state index contributed by atoms with van der Waals surface area (Å²) in [4.78, 5) is 12.5. The molecule has 3 nitrogen and oxygen atoms in total. The number of nitrogens with zero attached hydrogens (tertiary/aromatic N) is 1. The van der Waals surface area contributed by atoms with Crippen LogP contribution in [-0.4, -0.2) is 11.4 Å². The van der Waals surface area contributed by atoms with Gasteiger partial charge in [-0.25, -0.2) is 0 Å². The monoisotopic (exact) mass is 308 g/mol. The Hall–Kier alpha value is -1.82. The number of carbonyl (C=O) groups excluding carboxylic acids is 1. The number of carbonyl (C=O) groups is 1. The number of rotatable bonds is 4. The molecule has 5 rings (SSSR count). The van der Waals surface area contributed by atoms with Gasteiger partial charge in [-0.1, -0.05) is 12.1 Å². The molecule has 4 aliphatic rings. The van der Waals surface area contributed by atoms with Gasteiger partial charge in [0.05, 0.1) is 11.6 Å². The zero-order valence-electron chi connectivity index (χ0n) is 13.6. The highest BCUT2D eigenvalue weighted by Crippen LogP contribution is 2.55. The quantitative estimate of drug-likeness (QED) is 0.924. The predicted molar refractivity (Wildman–Crippen MR) is 88.5 cm³/mol. The molecule has 4 aliphatic carbocycles. The van der Waals surface area contributed by atoms with Crippen LogP contribution in [0.25, 0.3) is 0 Å². The molecule has 0 heterocycles. The molecule has 0 unspecified atom stereocenters. The van der Waals surface area contributed by atoms with Crippen molar-refractivity contribution in [3.05, 3.63) is 35.4 Å². The van der Waals surface area contributed by atoms with Crippen molar-refractivity contribution in [2.24, 2.45) is 17.8 Å². The predicted octanol–water partition coefficient (Wildman–Crippen LogP) is 3.58. The first kappa shape index (κ1) is 14.8. The number of hydrogen-bond donors (Lipinski definition) is 1. The van der Waals surface area contributed by atoms with E-state index in [2.05, 4.69) is 11.4 Å². The summed E-state index contributed by atoms with van der Waals surface area (Å²) < 4.78 is 0. The fourth-order valence-corrected chi connectivity index (χ4v) is 5.63. The van der Waals surface area contributed by atoms with Gasteiger partial charge in [0.2, 0.25) is 5.91 Å². The summed E-state index contributed by atoms with van der Waals surface area (Å²) in [7, 11) is 0. The first-order valence-corrected chi connectivity index (χ1v) is 8.94. The lowest BCUT2D eigenvalue weighted by Crippen LogP contribution is -2.59. The lowest BCUT2D eigenvalue weighted by molar-refractivity contribution is -0.126. The fourth-order valence-electron chi connectivity index (χ4n) is 5.63. The third-order valence-electron chi connectivity index (χ3n) is 6.17. The summed E-state index contributed by atoms with van der Waals surface area (Å²) in [5.41, 5.74) is 1.92. The topological polar surface area (TPSA) is 52.9 Å². The van der Waals surface area contributed by atoms with Gasteiger partial charge in [0.25, 0.3) is 0 Å². The van der Waals surface area contributed by atoms with Gasteiger partial charge in [-0.15, -0.1) is 0 Å². The van der Waals surface area contributed by atoms with Crippen LogP contribution < -0.4 is 5.32 Å². The smallest absolute Gasteiger partial charge is 0.220 e. The third-order valence-corrected chi connectivity index (χ3v) is 6.17. The van der Waals surface area contributed by atoms with Crippen molar-refractivity contribution in [3.63, 3.8) is 0 Å². The number of benzene rings is 1. The average Bonchev–Trinajstić information content (AvgIpc) is 2.51. The standard InChI is InChI=1S/C20H24N2O/c21-13-15-3-1-14(2-4-15)5-6-19(23)22-20-10-16-7-17(11-20)9-18(8-16)12-20/h1-4,16-18H,5-12H2,(H,22,23). The summed E-state index contributed by atoms with van der Waals surface area (Å²) in [5.74, 6) is 2.79. The van der Waals surface area contributed by atoms with Crippen molar-refractivity contribution in [3.8, 4) is 6.07 Å². The Kier molecular flexibility index (Phi) is 3.64. The van der Waals surface area contributed by atoms with E-state index in [0.29, 0.717) is 12.0 Å². The molecule has 1 aromatic rings. The van der Waals surface area contributed by atoms with E-state index in [1.54, 1.807) is 0 Å². The van der Waals surface area contributed by atoms with E-state index in [1.165, 1.54) is 38.5 Å². The normalized spacial score (nSPS) is 34.1. The lowest BCUT2D eigenvalue weighted by atomic mass is 9.53. The summed E-state index contributed by atoms with van der Waals surface area (Å²) >= 11 is 0. The highest BCUT2D eigenvalue weighted by Gasteiger charge is 2.51. The number of nitrogens with one attached hydrogen (secondary N) is 1. The molecule has 3 heteroatoms.